The first-order chi connectivity index (χ1) is 9.27. The van der Waals surface area contributed by atoms with E-state index < -0.39 is 0 Å². The van der Waals surface area contributed by atoms with Gasteiger partial charge in [0.2, 0.25) is 0 Å². The molecule has 1 unspecified atom stereocenters. The minimum absolute atomic E-state index is 0.144. The lowest BCUT2D eigenvalue weighted by molar-refractivity contribution is -0.115. The third kappa shape index (κ3) is 2.21. The van der Waals surface area contributed by atoms with Gasteiger partial charge in [0.25, 0.3) is 5.91 Å². The van der Waals surface area contributed by atoms with Crippen LogP contribution in [-0.4, -0.2) is 25.2 Å². The van der Waals surface area contributed by atoms with E-state index in [0.717, 1.165) is 37.2 Å². The number of para-hydroxylation sites is 1. The van der Waals surface area contributed by atoms with Crippen LogP contribution in [-0.2, 0) is 4.79 Å². The Labute approximate surface area is 113 Å². The molecule has 0 saturated carbocycles. The molecule has 3 heteroatoms. The van der Waals surface area contributed by atoms with Crippen molar-refractivity contribution in [1.29, 1.82) is 0 Å². The second-order valence-corrected chi connectivity index (χ2v) is 5.20. The number of dihydropyridines is 1. The molecule has 1 amide bonds. The standard InChI is InChI=1S/C16H18N2O/c1-12-8-11-18(15-5-3-2-4-14(12)15)16(19)13-6-9-17-10-7-13/h2-6,9,12H,7-8,10-11H2,1H3. The predicted molar refractivity (Wildman–Crippen MR) is 77.9 cm³/mol. The summed E-state index contributed by atoms with van der Waals surface area (Å²) in [6.07, 6.45) is 5.38. The van der Waals surface area contributed by atoms with Gasteiger partial charge in [-0.1, -0.05) is 25.1 Å². The monoisotopic (exact) mass is 254 g/mol. The van der Waals surface area contributed by atoms with Crippen LogP contribution in [0.4, 0.5) is 5.69 Å². The highest BCUT2D eigenvalue weighted by molar-refractivity contribution is 6.08. The number of hydrogen-bond donors (Lipinski definition) is 0. The Morgan fingerprint density at radius 1 is 1.37 bits per heavy atom. The molecule has 0 bridgehead atoms. The molecule has 2 aliphatic heterocycles. The topological polar surface area (TPSA) is 32.7 Å². The minimum Gasteiger partial charge on any atom is -0.308 e. The summed E-state index contributed by atoms with van der Waals surface area (Å²) in [5, 5.41) is 0. The molecule has 0 radical (unpaired) electrons. The number of carbonyl (C=O) groups is 1. The van der Waals surface area contributed by atoms with Gasteiger partial charge < -0.3 is 4.90 Å². The fraction of sp³-hybridized carbons (Fsp3) is 0.375. The number of benzene rings is 1. The molecule has 0 fully saturated rings. The molecule has 3 rings (SSSR count). The van der Waals surface area contributed by atoms with E-state index in [1.54, 1.807) is 6.21 Å². The van der Waals surface area contributed by atoms with Crippen molar-refractivity contribution in [2.75, 3.05) is 18.0 Å². The first kappa shape index (κ1) is 12.2. The summed E-state index contributed by atoms with van der Waals surface area (Å²) in [4.78, 5) is 18.7. The zero-order chi connectivity index (χ0) is 13.2. The van der Waals surface area contributed by atoms with Crippen molar-refractivity contribution in [3.63, 3.8) is 0 Å². The Bertz CT molecular complexity index is 560. The maximum Gasteiger partial charge on any atom is 0.254 e. The second kappa shape index (κ2) is 5.00. The number of carbonyl (C=O) groups excluding carboxylic acids is 1. The first-order valence-corrected chi connectivity index (χ1v) is 6.87. The summed E-state index contributed by atoms with van der Waals surface area (Å²) in [5.41, 5.74) is 3.24. The van der Waals surface area contributed by atoms with E-state index in [2.05, 4.69) is 30.1 Å². The van der Waals surface area contributed by atoms with Crippen molar-refractivity contribution in [2.45, 2.75) is 25.7 Å². The zero-order valence-corrected chi connectivity index (χ0v) is 11.2. The van der Waals surface area contributed by atoms with Crippen molar-refractivity contribution in [3.8, 4) is 0 Å². The molecule has 19 heavy (non-hydrogen) atoms. The van der Waals surface area contributed by atoms with Crippen LogP contribution in [0.2, 0.25) is 0 Å². The van der Waals surface area contributed by atoms with Crippen LogP contribution in [0, 0.1) is 0 Å². The van der Waals surface area contributed by atoms with Gasteiger partial charge in [-0.3, -0.25) is 9.79 Å². The third-order valence-electron chi connectivity index (χ3n) is 3.96. The van der Waals surface area contributed by atoms with E-state index in [0.29, 0.717) is 5.92 Å². The number of nitrogens with zero attached hydrogens (tertiary/aromatic N) is 2. The Balaban J connectivity index is 1.94. The maximum absolute atomic E-state index is 12.6. The van der Waals surface area contributed by atoms with Gasteiger partial charge in [0.15, 0.2) is 0 Å². The van der Waals surface area contributed by atoms with E-state index in [1.165, 1.54) is 5.56 Å². The average molecular weight is 254 g/mol. The summed E-state index contributed by atoms with van der Waals surface area (Å²) < 4.78 is 0. The van der Waals surface area contributed by atoms with Gasteiger partial charge in [-0.15, -0.1) is 0 Å². The summed E-state index contributed by atoms with van der Waals surface area (Å²) in [7, 11) is 0. The van der Waals surface area contributed by atoms with Crippen LogP contribution in [0.25, 0.3) is 0 Å². The van der Waals surface area contributed by atoms with Gasteiger partial charge >= 0.3 is 0 Å². The Hall–Kier alpha value is -1.90. The molecule has 1 aromatic carbocycles. The van der Waals surface area contributed by atoms with Gasteiger partial charge in [-0.2, -0.15) is 0 Å². The predicted octanol–water partition coefficient (Wildman–Crippen LogP) is 2.93. The normalized spacial score (nSPS) is 21.8. The molecular formula is C16H18N2O. The van der Waals surface area contributed by atoms with E-state index >= 15 is 0 Å². The van der Waals surface area contributed by atoms with Crippen LogP contribution >= 0.6 is 0 Å². The molecule has 0 N–H and O–H groups in total. The maximum atomic E-state index is 12.6. The molecule has 2 heterocycles. The summed E-state index contributed by atoms with van der Waals surface area (Å²) >= 11 is 0. The highest BCUT2D eigenvalue weighted by Crippen LogP contribution is 2.35. The molecule has 0 saturated heterocycles. The summed E-state index contributed by atoms with van der Waals surface area (Å²) in [5.74, 6) is 0.674. The lowest BCUT2D eigenvalue weighted by atomic mass is 9.91. The fourth-order valence-corrected chi connectivity index (χ4v) is 2.80. The van der Waals surface area contributed by atoms with E-state index in [-0.39, 0.29) is 5.91 Å². The van der Waals surface area contributed by atoms with Crippen molar-refractivity contribution in [2.24, 2.45) is 4.99 Å². The SMILES string of the molecule is CC1CCN(C(=O)C2=CC=NCC2)c2ccccc21. The Morgan fingerprint density at radius 3 is 3.00 bits per heavy atom. The Kier molecular flexibility index (Phi) is 3.20. The van der Waals surface area contributed by atoms with Crippen molar-refractivity contribution in [1.82, 2.24) is 0 Å². The van der Waals surface area contributed by atoms with Crippen LogP contribution in [0.5, 0.6) is 0 Å². The molecule has 1 atom stereocenters. The summed E-state index contributed by atoms with van der Waals surface area (Å²) in [6, 6.07) is 8.25. The molecule has 0 spiro atoms. The number of rotatable bonds is 1. The molecule has 3 nitrogen and oxygen atoms in total. The second-order valence-electron chi connectivity index (χ2n) is 5.20. The lowest BCUT2D eigenvalue weighted by Gasteiger charge is -2.33. The van der Waals surface area contributed by atoms with E-state index in [1.807, 2.05) is 17.0 Å². The van der Waals surface area contributed by atoms with Crippen LogP contribution in [0.3, 0.4) is 0 Å². The van der Waals surface area contributed by atoms with Crippen molar-refractivity contribution >= 4 is 17.8 Å². The van der Waals surface area contributed by atoms with Crippen molar-refractivity contribution in [3.05, 3.63) is 41.5 Å². The van der Waals surface area contributed by atoms with Crippen LogP contribution < -0.4 is 4.90 Å². The molecular weight excluding hydrogens is 236 g/mol. The molecule has 1 aromatic rings. The number of hydrogen-bond acceptors (Lipinski definition) is 2. The highest BCUT2D eigenvalue weighted by Gasteiger charge is 2.27. The third-order valence-corrected chi connectivity index (χ3v) is 3.96. The van der Waals surface area contributed by atoms with Crippen molar-refractivity contribution < 1.29 is 4.79 Å². The van der Waals surface area contributed by atoms with Gasteiger partial charge in [0.1, 0.15) is 0 Å². The smallest absolute Gasteiger partial charge is 0.254 e. The average Bonchev–Trinajstić information content (AvgIpc) is 2.48. The fourth-order valence-electron chi connectivity index (χ4n) is 2.80. The van der Waals surface area contributed by atoms with E-state index in [4.69, 9.17) is 0 Å². The largest absolute Gasteiger partial charge is 0.308 e. The van der Waals surface area contributed by atoms with Gasteiger partial charge in [-0.25, -0.2) is 0 Å². The zero-order valence-electron chi connectivity index (χ0n) is 11.2. The van der Waals surface area contributed by atoms with E-state index in [9.17, 15) is 4.79 Å². The number of fused-ring (bicyclic) bond motifs is 1. The number of aliphatic imine (C=N–C) groups is 1. The quantitative estimate of drug-likeness (QED) is 0.758. The van der Waals surface area contributed by atoms with Gasteiger partial charge in [0.05, 0.1) is 0 Å². The number of anilines is 1. The Morgan fingerprint density at radius 2 is 2.21 bits per heavy atom. The molecule has 98 valence electrons. The molecule has 0 aliphatic carbocycles. The van der Waals surface area contributed by atoms with Crippen LogP contribution in [0.1, 0.15) is 31.2 Å². The van der Waals surface area contributed by atoms with Crippen LogP contribution in [0.15, 0.2) is 40.9 Å². The number of amides is 1. The molecule has 2 aliphatic rings. The highest BCUT2D eigenvalue weighted by atomic mass is 16.2. The first-order valence-electron chi connectivity index (χ1n) is 6.87. The van der Waals surface area contributed by atoms with Gasteiger partial charge in [0, 0.05) is 30.6 Å². The number of allylic oxidation sites excluding steroid dienone is 1. The van der Waals surface area contributed by atoms with Gasteiger partial charge in [-0.05, 0) is 36.5 Å². The molecule has 0 aromatic heterocycles. The minimum atomic E-state index is 0.144. The lowest BCUT2D eigenvalue weighted by Crippen LogP contribution is -2.37. The summed E-state index contributed by atoms with van der Waals surface area (Å²) in [6.45, 7) is 3.77.